The van der Waals surface area contributed by atoms with Gasteiger partial charge in [-0.2, -0.15) is 0 Å². The number of allylic oxidation sites excluding steroid dienone is 2. The molecule has 0 N–H and O–H groups in total. The van der Waals surface area contributed by atoms with E-state index in [2.05, 4.69) is 6.58 Å². The first-order valence-electron chi connectivity index (χ1n) is 5.50. The molecule has 2 rings (SSSR count). The second kappa shape index (κ2) is 4.47. The molecule has 0 amide bonds. The van der Waals surface area contributed by atoms with Crippen LogP contribution in [0.25, 0.3) is 0 Å². The summed E-state index contributed by atoms with van der Waals surface area (Å²) >= 11 is 0. The van der Waals surface area contributed by atoms with Gasteiger partial charge in [-0.25, -0.2) is 4.79 Å². The molecule has 1 fully saturated rings. The van der Waals surface area contributed by atoms with Gasteiger partial charge in [0.15, 0.2) is 0 Å². The molecule has 1 atom stereocenters. The lowest BCUT2D eigenvalue weighted by atomic mass is 10.1. The summed E-state index contributed by atoms with van der Waals surface area (Å²) in [4.78, 5) is 11.7. The number of esters is 1. The third kappa shape index (κ3) is 2.58. The van der Waals surface area contributed by atoms with Crippen LogP contribution in [0.5, 0.6) is 0 Å². The summed E-state index contributed by atoms with van der Waals surface area (Å²) in [5.74, 6) is -0.175. The lowest BCUT2D eigenvalue weighted by Crippen LogP contribution is -2.16. The van der Waals surface area contributed by atoms with Gasteiger partial charge in [0.2, 0.25) is 0 Å². The molecule has 2 aliphatic carbocycles. The van der Waals surface area contributed by atoms with Gasteiger partial charge in [0.25, 0.3) is 0 Å². The second-order valence-corrected chi connectivity index (χ2v) is 4.16. The summed E-state index contributed by atoms with van der Waals surface area (Å²) in [7, 11) is 0. The highest BCUT2D eigenvalue weighted by Crippen LogP contribution is 2.26. The average molecular weight is 204 g/mol. The molecule has 0 aromatic carbocycles. The first-order valence-corrected chi connectivity index (χ1v) is 5.50. The van der Waals surface area contributed by atoms with Crippen molar-refractivity contribution in [1.29, 1.82) is 0 Å². The fraction of sp³-hybridized carbons (Fsp3) is 0.462. The molecule has 2 heteroatoms. The van der Waals surface area contributed by atoms with Crippen molar-refractivity contribution in [2.24, 2.45) is 0 Å². The van der Waals surface area contributed by atoms with E-state index < -0.39 is 0 Å². The Labute approximate surface area is 90.3 Å². The van der Waals surface area contributed by atoms with Crippen molar-refractivity contribution >= 4 is 5.97 Å². The van der Waals surface area contributed by atoms with Crippen molar-refractivity contribution in [1.82, 2.24) is 0 Å². The van der Waals surface area contributed by atoms with Crippen molar-refractivity contribution in [2.75, 3.05) is 0 Å². The number of ether oxygens (including phenoxy) is 1. The standard InChI is InChI=1S/C13H16O2/c1-10-7-8-12(9-10)15-13(14)11-5-3-2-4-6-11/h3,5-6,12H,1-2,4,7-9H2/t12-/m0/s1. The van der Waals surface area contributed by atoms with Crippen molar-refractivity contribution in [3.8, 4) is 0 Å². The van der Waals surface area contributed by atoms with Crippen molar-refractivity contribution in [2.45, 2.75) is 38.2 Å². The molecule has 0 aliphatic heterocycles. The van der Waals surface area contributed by atoms with Gasteiger partial charge in [-0.15, -0.1) is 0 Å². The molecule has 0 heterocycles. The monoisotopic (exact) mass is 204 g/mol. The van der Waals surface area contributed by atoms with Gasteiger partial charge in [-0.05, 0) is 25.7 Å². The van der Waals surface area contributed by atoms with Crippen LogP contribution in [0.1, 0.15) is 32.1 Å². The Morgan fingerprint density at radius 2 is 2.33 bits per heavy atom. The van der Waals surface area contributed by atoms with Gasteiger partial charge >= 0.3 is 5.97 Å². The molecule has 2 nitrogen and oxygen atoms in total. The second-order valence-electron chi connectivity index (χ2n) is 4.16. The SMILES string of the molecule is C=C1CC[C@H](OC(=O)C2=CCCC=C2)C1. The van der Waals surface area contributed by atoms with Crippen LogP contribution in [-0.4, -0.2) is 12.1 Å². The molecule has 15 heavy (non-hydrogen) atoms. The van der Waals surface area contributed by atoms with Gasteiger partial charge in [-0.3, -0.25) is 0 Å². The quantitative estimate of drug-likeness (QED) is 0.510. The minimum Gasteiger partial charge on any atom is -0.458 e. The molecular weight excluding hydrogens is 188 g/mol. The summed E-state index contributed by atoms with van der Waals surface area (Å²) in [5.41, 5.74) is 1.90. The Balaban J connectivity index is 1.89. The Morgan fingerprint density at radius 3 is 2.93 bits per heavy atom. The zero-order chi connectivity index (χ0) is 10.7. The maximum atomic E-state index is 11.7. The Kier molecular flexibility index (Phi) is 3.05. The zero-order valence-electron chi connectivity index (χ0n) is 8.87. The van der Waals surface area contributed by atoms with Crippen LogP contribution in [-0.2, 0) is 9.53 Å². The lowest BCUT2D eigenvalue weighted by Gasteiger charge is -2.12. The van der Waals surface area contributed by atoms with Crippen molar-refractivity contribution in [3.05, 3.63) is 36.0 Å². The maximum absolute atomic E-state index is 11.7. The molecule has 0 bridgehead atoms. The van der Waals surface area contributed by atoms with E-state index in [0.717, 1.165) is 32.1 Å². The number of carbonyl (C=O) groups is 1. The van der Waals surface area contributed by atoms with Gasteiger partial charge in [0.1, 0.15) is 6.10 Å². The van der Waals surface area contributed by atoms with E-state index in [9.17, 15) is 4.79 Å². The third-order valence-corrected chi connectivity index (χ3v) is 2.84. The first kappa shape index (κ1) is 10.2. The average Bonchev–Trinajstić information content (AvgIpc) is 2.65. The van der Waals surface area contributed by atoms with Gasteiger partial charge in [-0.1, -0.05) is 30.4 Å². The molecular formula is C13H16O2. The number of hydrogen-bond donors (Lipinski definition) is 0. The van der Waals surface area contributed by atoms with Crippen molar-refractivity contribution in [3.63, 3.8) is 0 Å². The maximum Gasteiger partial charge on any atom is 0.338 e. The molecule has 0 radical (unpaired) electrons. The molecule has 0 aromatic heterocycles. The Morgan fingerprint density at radius 1 is 1.47 bits per heavy atom. The molecule has 0 saturated heterocycles. The van der Waals surface area contributed by atoms with E-state index >= 15 is 0 Å². The van der Waals surface area contributed by atoms with Gasteiger partial charge in [0, 0.05) is 6.42 Å². The van der Waals surface area contributed by atoms with E-state index in [0.29, 0.717) is 5.57 Å². The predicted octanol–water partition coefficient (Wildman–Crippen LogP) is 2.91. The number of carbonyl (C=O) groups excluding carboxylic acids is 1. The zero-order valence-corrected chi connectivity index (χ0v) is 8.87. The topological polar surface area (TPSA) is 26.3 Å². The molecule has 2 aliphatic rings. The van der Waals surface area contributed by atoms with E-state index in [1.807, 2.05) is 18.2 Å². The number of rotatable bonds is 2. The first-order chi connectivity index (χ1) is 7.25. The van der Waals surface area contributed by atoms with Crippen molar-refractivity contribution < 1.29 is 9.53 Å². The molecule has 1 saturated carbocycles. The predicted molar refractivity (Wildman–Crippen MR) is 59.3 cm³/mol. The highest BCUT2D eigenvalue weighted by atomic mass is 16.5. The largest absolute Gasteiger partial charge is 0.458 e. The Bertz CT molecular complexity index is 336. The minimum atomic E-state index is -0.175. The summed E-state index contributed by atoms with van der Waals surface area (Å²) in [5, 5.41) is 0. The summed E-state index contributed by atoms with van der Waals surface area (Å²) in [6.45, 7) is 3.90. The van der Waals surface area contributed by atoms with Crippen LogP contribution in [0.2, 0.25) is 0 Å². The van der Waals surface area contributed by atoms with Crippen LogP contribution in [0, 0.1) is 0 Å². The van der Waals surface area contributed by atoms with Crippen LogP contribution in [0.15, 0.2) is 36.0 Å². The summed E-state index contributed by atoms with van der Waals surface area (Å²) < 4.78 is 5.40. The molecule has 0 aromatic rings. The van der Waals surface area contributed by atoms with Gasteiger partial charge < -0.3 is 4.74 Å². The minimum absolute atomic E-state index is 0.0567. The van der Waals surface area contributed by atoms with E-state index in [-0.39, 0.29) is 12.1 Å². The lowest BCUT2D eigenvalue weighted by molar-refractivity contribution is -0.143. The van der Waals surface area contributed by atoms with E-state index in [1.54, 1.807) is 0 Å². The summed E-state index contributed by atoms with van der Waals surface area (Å²) in [6, 6.07) is 0. The fourth-order valence-corrected chi connectivity index (χ4v) is 1.98. The fourth-order valence-electron chi connectivity index (χ4n) is 1.98. The third-order valence-electron chi connectivity index (χ3n) is 2.84. The normalized spacial score (nSPS) is 25.2. The highest BCUT2D eigenvalue weighted by Gasteiger charge is 2.22. The van der Waals surface area contributed by atoms with Crippen LogP contribution in [0.4, 0.5) is 0 Å². The van der Waals surface area contributed by atoms with Crippen LogP contribution >= 0.6 is 0 Å². The van der Waals surface area contributed by atoms with Gasteiger partial charge in [0.05, 0.1) is 5.57 Å². The summed E-state index contributed by atoms with van der Waals surface area (Å²) in [6.07, 6.45) is 10.6. The highest BCUT2D eigenvalue weighted by molar-refractivity contribution is 5.91. The smallest absolute Gasteiger partial charge is 0.338 e. The molecule has 0 spiro atoms. The van der Waals surface area contributed by atoms with Crippen LogP contribution in [0.3, 0.4) is 0 Å². The van der Waals surface area contributed by atoms with Crippen LogP contribution < -0.4 is 0 Å². The van der Waals surface area contributed by atoms with E-state index in [4.69, 9.17) is 4.74 Å². The molecule has 80 valence electrons. The van der Waals surface area contributed by atoms with E-state index in [1.165, 1.54) is 5.57 Å². The number of hydrogen-bond acceptors (Lipinski definition) is 2. The molecule has 0 unspecified atom stereocenters. The Hall–Kier alpha value is -1.31.